The van der Waals surface area contributed by atoms with Crippen LogP contribution in [0.5, 0.6) is 0 Å². The van der Waals surface area contributed by atoms with Gasteiger partial charge in [0, 0.05) is 11.1 Å². The van der Waals surface area contributed by atoms with Crippen LogP contribution in [-0.2, 0) is 19.5 Å². The van der Waals surface area contributed by atoms with Crippen molar-refractivity contribution in [2.24, 2.45) is 0 Å². The normalized spacial score (nSPS) is 12.4. The molecule has 9 rings (SSSR count). The molecule has 0 saturated heterocycles. The fourth-order valence-corrected chi connectivity index (χ4v) is 11.5. The minimum absolute atomic E-state index is 0. The second-order valence-corrected chi connectivity index (χ2v) is 25.1. The summed E-state index contributed by atoms with van der Waals surface area (Å²) in [5, 5.41) is 9.75. The van der Waals surface area contributed by atoms with Crippen molar-refractivity contribution < 1.29 is 29.4 Å². The number of hydrogen-bond donors (Lipinski definition) is 1. The summed E-state index contributed by atoms with van der Waals surface area (Å²) >= 11 is 0. The second-order valence-electron chi connectivity index (χ2n) is 25.1. The predicted molar refractivity (Wildman–Crippen MR) is 339 cm³/mol. The number of aromatic nitrogens is 4. The fourth-order valence-electron chi connectivity index (χ4n) is 11.5. The first-order valence-corrected chi connectivity index (χ1v) is 29.4. The molecule has 5 heterocycles. The maximum absolute atomic E-state index is 11.9. The van der Waals surface area contributed by atoms with Crippen molar-refractivity contribution in [1.29, 1.82) is 0 Å². The first-order chi connectivity index (χ1) is 37.9. The molecule has 0 amide bonds. The van der Waals surface area contributed by atoms with Gasteiger partial charge in [-0.25, -0.2) is 14.8 Å². The average Bonchev–Trinajstić information content (AvgIpc) is 4.49. The van der Waals surface area contributed by atoms with Crippen LogP contribution in [0.2, 0.25) is 0 Å². The van der Waals surface area contributed by atoms with E-state index in [0.29, 0.717) is 40.1 Å². The van der Waals surface area contributed by atoms with E-state index in [1.54, 1.807) is 24.3 Å². The number of hydrogen-bond acceptors (Lipinski definition) is 3. The summed E-state index contributed by atoms with van der Waals surface area (Å²) in [5.41, 5.74) is 26.1. The van der Waals surface area contributed by atoms with Gasteiger partial charge in [-0.2, -0.15) is 0 Å². The SMILES string of the molecule is CC(C)c1cc(C(C)C)c(-c2c3nc(c(-c4c(C(C)C)cc(C(C)C)cc4C(C)C)c4ccc([n-]4)c(-c4c(C(C)C)cc(C(C)C)cc4C(C)C)c4nc(c(C#Cc5ccc(C(=O)O)cc5)c5ccc2[n-]5)C=C4)C=C3)c(C(C)C)c1.[Zn+2]. The molecular formula is C74H82N4O2Zn. The van der Waals surface area contributed by atoms with E-state index in [1.165, 1.54) is 66.8 Å². The molecule has 81 heavy (non-hydrogen) atoms. The standard InChI is InChI=1S/C74H83N4O2.Zn/c1-39(2)50-33-54(42(7)8)68(55(34-50)43(9)10)71-62-27-25-60(75-62)53(24-21-48-19-22-49(23-20-48)74(79)80)61-26-28-63(76-61)72(69-56(44(11)12)35-51(40(3)4)36-57(69)45(13)14)65-30-32-67(78-65)73(66-31-29-64(71)77-66)70-58(46(15)16)37-52(41(5)6)38-59(70)47(17)18;/h19-20,22-23,25-47H,1-18H3,(H2-,75,76,77,78,79,80);/q-1;+2/p-1. The van der Waals surface area contributed by atoms with Crippen LogP contribution in [-0.4, -0.2) is 21.0 Å². The minimum atomic E-state index is -0.981. The van der Waals surface area contributed by atoms with Crippen molar-refractivity contribution in [3.05, 3.63) is 174 Å². The maximum atomic E-state index is 11.9. The third-order valence-corrected chi connectivity index (χ3v) is 16.2. The molecule has 0 saturated carbocycles. The van der Waals surface area contributed by atoms with Gasteiger partial charge in [-0.1, -0.05) is 197 Å². The predicted octanol–water partition coefficient (Wildman–Crippen LogP) is 20.1. The van der Waals surface area contributed by atoms with Crippen molar-refractivity contribution in [1.82, 2.24) is 19.9 Å². The molecule has 0 aliphatic carbocycles. The summed E-state index contributed by atoms with van der Waals surface area (Å²) in [6.07, 6.45) is 8.66. The summed E-state index contributed by atoms with van der Waals surface area (Å²) in [6, 6.07) is 29.9. The second kappa shape index (κ2) is 24.3. The number of fused-ring (bicyclic) bond motifs is 8. The number of benzene rings is 4. The minimum Gasteiger partial charge on any atom is -0.657 e. The molecule has 3 aromatic heterocycles. The Hall–Kier alpha value is -6.87. The summed E-state index contributed by atoms with van der Waals surface area (Å²) in [6.45, 7) is 41.4. The summed E-state index contributed by atoms with van der Waals surface area (Å²) in [5.74, 6) is 8.19. The summed E-state index contributed by atoms with van der Waals surface area (Å²) in [4.78, 5) is 35.0. The van der Waals surface area contributed by atoms with Crippen LogP contribution >= 0.6 is 0 Å². The van der Waals surface area contributed by atoms with Crippen LogP contribution in [0.3, 0.4) is 0 Å². The molecular weight excluding hydrogens is 1040 g/mol. The van der Waals surface area contributed by atoms with Crippen molar-refractivity contribution in [2.75, 3.05) is 0 Å². The van der Waals surface area contributed by atoms with Crippen molar-refractivity contribution in [3.8, 4) is 45.2 Å². The molecule has 6 nitrogen and oxygen atoms in total. The number of carboxylic acid groups (broad SMARTS) is 1. The van der Waals surface area contributed by atoms with Gasteiger partial charge in [0.25, 0.3) is 0 Å². The van der Waals surface area contributed by atoms with E-state index >= 15 is 0 Å². The van der Waals surface area contributed by atoms with E-state index in [4.69, 9.17) is 19.9 Å². The van der Waals surface area contributed by atoms with E-state index in [0.717, 1.165) is 50.3 Å². The van der Waals surface area contributed by atoms with E-state index in [9.17, 15) is 9.90 Å². The molecule has 4 aromatic carbocycles. The van der Waals surface area contributed by atoms with Gasteiger partial charge in [-0.3, -0.25) is 0 Å². The fraction of sp³-hybridized carbons (Fsp3) is 0.365. The molecule has 8 bridgehead atoms. The molecule has 0 unspecified atom stereocenters. The number of carboxylic acids is 1. The van der Waals surface area contributed by atoms with Gasteiger partial charge < -0.3 is 15.1 Å². The Bertz CT molecular complexity index is 3700. The van der Waals surface area contributed by atoms with Gasteiger partial charge >= 0.3 is 25.4 Å². The Morgan fingerprint density at radius 3 is 0.951 bits per heavy atom. The van der Waals surface area contributed by atoms with Crippen LogP contribution in [0.4, 0.5) is 0 Å². The molecule has 0 fully saturated rings. The average molecular weight is 1120 g/mol. The van der Waals surface area contributed by atoms with Crippen LogP contribution < -0.4 is 9.97 Å². The van der Waals surface area contributed by atoms with E-state index in [-0.39, 0.29) is 60.5 Å². The number of carbonyl (C=O) groups is 1. The topological polar surface area (TPSA) is 91.3 Å². The van der Waals surface area contributed by atoms with E-state index in [2.05, 4.69) is 221 Å². The number of rotatable bonds is 13. The van der Waals surface area contributed by atoms with Crippen molar-refractivity contribution in [3.63, 3.8) is 0 Å². The summed E-state index contributed by atoms with van der Waals surface area (Å²) in [7, 11) is 0. The Morgan fingerprint density at radius 1 is 0.370 bits per heavy atom. The van der Waals surface area contributed by atoms with Crippen molar-refractivity contribution in [2.45, 2.75) is 178 Å². The van der Waals surface area contributed by atoms with E-state index in [1.807, 2.05) is 0 Å². The molecule has 0 atom stereocenters. The van der Waals surface area contributed by atoms with Crippen LogP contribution in [0.15, 0.2) is 84.9 Å². The molecule has 7 heteroatoms. The zero-order chi connectivity index (χ0) is 57.8. The third-order valence-electron chi connectivity index (χ3n) is 16.2. The summed E-state index contributed by atoms with van der Waals surface area (Å²) < 4.78 is 0. The van der Waals surface area contributed by atoms with Gasteiger partial charge in [0.05, 0.1) is 28.3 Å². The smallest absolute Gasteiger partial charge is 0.657 e. The van der Waals surface area contributed by atoms with Gasteiger partial charge in [-0.05, 0) is 185 Å². The number of nitrogens with zero attached hydrogens (tertiary/aromatic N) is 4. The molecule has 412 valence electrons. The third kappa shape index (κ3) is 11.9. The Morgan fingerprint density at radius 2 is 0.654 bits per heavy atom. The Balaban J connectivity index is 0.00000860. The first-order valence-electron chi connectivity index (χ1n) is 29.4. The molecule has 2 aliphatic rings. The molecule has 0 spiro atoms. The van der Waals surface area contributed by atoms with E-state index < -0.39 is 5.97 Å². The monoisotopic (exact) mass is 1120 g/mol. The number of aromatic carboxylic acids is 1. The zero-order valence-electron chi connectivity index (χ0n) is 51.4. The van der Waals surface area contributed by atoms with Crippen LogP contribution in [0.1, 0.15) is 272 Å². The zero-order valence-corrected chi connectivity index (χ0v) is 54.4. The molecule has 2 aliphatic heterocycles. The van der Waals surface area contributed by atoms with Gasteiger partial charge in [0.1, 0.15) is 0 Å². The Labute approximate surface area is 496 Å². The largest absolute Gasteiger partial charge is 2.00 e. The van der Waals surface area contributed by atoms with Gasteiger partial charge in [-0.15, -0.1) is 22.1 Å². The maximum Gasteiger partial charge on any atom is 2.00 e. The Kier molecular flexibility index (Phi) is 18.1. The molecule has 0 radical (unpaired) electrons. The van der Waals surface area contributed by atoms with Crippen LogP contribution in [0, 0.1) is 11.8 Å². The van der Waals surface area contributed by atoms with Crippen LogP contribution in [0.25, 0.3) is 79.8 Å². The van der Waals surface area contributed by atoms with Crippen molar-refractivity contribution >= 4 is 52.3 Å². The molecule has 1 N–H and O–H groups in total. The quantitative estimate of drug-likeness (QED) is 0.0914. The van der Waals surface area contributed by atoms with Gasteiger partial charge in [0.2, 0.25) is 0 Å². The van der Waals surface area contributed by atoms with Gasteiger partial charge in [0.15, 0.2) is 0 Å². The first kappa shape index (κ1) is 60.2. The molecule has 7 aromatic rings.